The van der Waals surface area contributed by atoms with Crippen LogP contribution in [-0.2, 0) is 43.9 Å². The van der Waals surface area contributed by atoms with E-state index in [0.29, 0.717) is 22.5 Å². The Bertz CT molecular complexity index is 3000. The van der Waals surface area contributed by atoms with Gasteiger partial charge in [-0.15, -0.1) is 0 Å². The second kappa shape index (κ2) is 22.5. The number of amides is 4. The van der Waals surface area contributed by atoms with Crippen molar-refractivity contribution in [2.24, 2.45) is 10.2 Å². The van der Waals surface area contributed by atoms with Gasteiger partial charge in [-0.25, -0.2) is 19.2 Å². The number of hydrogen-bond acceptors (Lipinski definition) is 18. The minimum Gasteiger partial charge on any atom is -0.508 e. The van der Waals surface area contributed by atoms with E-state index in [-0.39, 0.29) is 64.6 Å². The van der Waals surface area contributed by atoms with Crippen LogP contribution in [0.1, 0.15) is 88.3 Å². The number of phenolic OH excluding ortho intramolecular Hbond substituents is 2. The first-order chi connectivity index (χ1) is 35.2. The Hall–Kier alpha value is -9.18. The summed E-state index contributed by atoms with van der Waals surface area (Å²) in [7, 11) is 3.88. The Morgan fingerprint density at radius 2 is 1.14 bits per heavy atom. The number of nitrogens with zero attached hydrogens (tertiary/aromatic N) is 3. The molecule has 0 fully saturated rings. The Morgan fingerprint density at radius 3 is 1.69 bits per heavy atom. The number of anilines is 1. The van der Waals surface area contributed by atoms with Gasteiger partial charge in [-0.3, -0.25) is 19.2 Å². The van der Waals surface area contributed by atoms with Crippen molar-refractivity contribution < 1.29 is 67.6 Å². The van der Waals surface area contributed by atoms with E-state index in [4.69, 9.17) is 19.0 Å². The standard InChI is InChI=1S/C52H52N8O14/c1-27(54-44(63)8-7-23-53-74-50(69)31-9-12-33(13-10-31)58-59-34-14-16-35(17-15-34)60(5)6)45(64)55-28(2)46(65)56-29(3)47(66)57-30(4)48(67)72-49(68)32-11-20-38-41(24-32)52(73-51(38)70)39-21-18-36(61)25-42(39)71-43-26-37(62)19-22-40(43)52/h9-22,24-30,53,61-62H,7-8,23H2,1-6H3,(H,54,63)(H,55,64)(H,56,65)(H,57,66)/t27-,28-,29-,30-/m0/s1. The van der Waals surface area contributed by atoms with Crippen molar-refractivity contribution in [2.75, 3.05) is 25.5 Å². The van der Waals surface area contributed by atoms with Crippen LogP contribution in [0, 0.1) is 0 Å². The molecule has 0 bridgehead atoms. The molecule has 384 valence electrons. The molecule has 5 aromatic carbocycles. The van der Waals surface area contributed by atoms with Crippen molar-refractivity contribution >= 4 is 64.6 Å². The molecular formula is C52H52N8O14. The maximum atomic E-state index is 13.4. The van der Waals surface area contributed by atoms with Crippen molar-refractivity contribution in [1.29, 1.82) is 0 Å². The van der Waals surface area contributed by atoms with Crippen molar-refractivity contribution in [2.45, 2.75) is 70.3 Å². The summed E-state index contributed by atoms with van der Waals surface area (Å²) >= 11 is 0. The van der Waals surface area contributed by atoms with Gasteiger partial charge in [-0.1, -0.05) is 0 Å². The average Bonchev–Trinajstić information content (AvgIpc) is 3.66. The molecule has 1 spiro atoms. The number of hydroxylamine groups is 1. The maximum absolute atomic E-state index is 13.4. The average molecular weight is 1010 g/mol. The van der Waals surface area contributed by atoms with E-state index in [1.54, 1.807) is 12.1 Å². The molecular weight excluding hydrogens is 961 g/mol. The number of rotatable bonds is 18. The van der Waals surface area contributed by atoms with Crippen LogP contribution >= 0.6 is 0 Å². The number of benzene rings is 5. The van der Waals surface area contributed by atoms with Crippen LogP contribution in [0.15, 0.2) is 113 Å². The monoisotopic (exact) mass is 1010 g/mol. The summed E-state index contributed by atoms with van der Waals surface area (Å²) < 4.78 is 17.1. The highest BCUT2D eigenvalue weighted by Gasteiger charge is 2.54. The van der Waals surface area contributed by atoms with Crippen LogP contribution < -0.4 is 36.4 Å². The number of aromatic hydroxyl groups is 2. The lowest BCUT2D eigenvalue weighted by Gasteiger charge is -2.36. The largest absolute Gasteiger partial charge is 0.508 e. The van der Waals surface area contributed by atoms with E-state index in [0.717, 1.165) is 5.69 Å². The molecule has 5 aromatic rings. The fourth-order valence-corrected chi connectivity index (χ4v) is 7.74. The summed E-state index contributed by atoms with van der Waals surface area (Å²) in [5, 5.41) is 38.6. The first-order valence-electron chi connectivity index (χ1n) is 23.2. The Kier molecular flexibility index (Phi) is 16.0. The number of carbonyl (C=O) groups excluding carboxylic acids is 8. The zero-order valence-electron chi connectivity index (χ0n) is 40.9. The lowest BCUT2D eigenvalue weighted by molar-refractivity contribution is -0.142. The van der Waals surface area contributed by atoms with Crippen LogP contribution in [0.3, 0.4) is 0 Å². The van der Waals surface area contributed by atoms with Crippen LogP contribution in [0.5, 0.6) is 23.0 Å². The SMILES string of the molecule is C[C@H](NC(=O)CCCNOC(=O)c1ccc(N=Nc2ccc(N(C)C)cc2)cc1)C(=O)N[C@@H](C)C(=O)N[C@@H](C)C(=O)N[C@@H](C)C(=O)OC(=O)c1ccc2c(c1)C1(OC2=O)c2ccc(O)cc2Oc2cc(O)ccc21. The van der Waals surface area contributed by atoms with Gasteiger partial charge in [0.1, 0.15) is 47.2 Å². The third-order valence-electron chi connectivity index (χ3n) is 11.8. The lowest BCUT2D eigenvalue weighted by atomic mass is 9.77. The second-order valence-electron chi connectivity index (χ2n) is 17.5. The lowest BCUT2D eigenvalue weighted by Crippen LogP contribution is -2.55. The Morgan fingerprint density at radius 1 is 0.622 bits per heavy atom. The molecule has 2 aliphatic rings. The molecule has 7 N–H and O–H groups in total. The van der Waals surface area contributed by atoms with E-state index in [9.17, 15) is 48.6 Å². The summed E-state index contributed by atoms with van der Waals surface area (Å²) in [6.45, 7) is 5.47. The van der Waals surface area contributed by atoms with Crippen LogP contribution in [0.2, 0.25) is 0 Å². The van der Waals surface area contributed by atoms with Gasteiger partial charge < -0.3 is 55.4 Å². The maximum Gasteiger partial charge on any atom is 0.356 e. The summed E-state index contributed by atoms with van der Waals surface area (Å²) in [6.07, 6.45) is 0.211. The highest BCUT2D eigenvalue weighted by molar-refractivity contribution is 6.03. The fourth-order valence-electron chi connectivity index (χ4n) is 7.74. The van der Waals surface area contributed by atoms with Gasteiger partial charge in [0, 0.05) is 61.6 Å². The number of azo groups is 1. The molecule has 0 aliphatic carbocycles. The van der Waals surface area contributed by atoms with Gasteiger partial charge in [-0.05, 0) is 125 Å². The van der Waals surface area contributed by atoms with Gasteiger partial charge in [0.2, 0.25) is 23.6 Å². The third kappa shape index (κ3) is 11.9. The predicted octanol–water partition coefficient (Wildman–Crippen LogP) is 4.99. The quantitative estimate of drug-likeness (QED) is 0.0152. The van der Waals surface area contributed by atoms with Crippen molar-refractivity contribution in [3.8, 4) is 23.0 Å². The molecule has 4 atom stereocenters. The molecule has 4 amide bonds. The van der Waals surface area contributed by atoms with Gasteiger partial charge in [-0.2, -0.15) is 15.7 Å². The van der Waals surface area contributed by atoms with Gasteiger partial charge in [0.25, 0.3) is 0 Å². The molecule has 74 heavy (non-hydrogen) atoms. The minimum atomic E-state index is -1.69. The van der Waals surface area contributed by atoms with Crippen LogP contribution in [0.25, 0.3) is 0 Å². The topological polar surface area (TPSA) is 302 Å². The summed E-state index contributed by atoms with van der Waals surface area (Å²) in [6, 6.07) is 21.2. The predicted molar refractivity (Wildman–Crippen MR) is 263 cm³/mol. The van der Waals surface area contributed by atoms with Crippen LogP contribution in [-0.4, -0.2) is 103 Å². The Labute approximate surface area is 423 Å². The minimum absolute atomic E-state index is 0.0312. The van der Waals surface area contributed by atoms with Gasteiger partial charge in [0.05, 0.1) is 28.1 Å². The molecule has 0 radical (unpaired) electrons. The molecule has 0 aromatic heterocycles. The number of nitrogens with one attached hydrogen (secondary N) is 5. The molecule has 0 saturated heterocycles. The summed E-state index contributed by atoms with van der Waals surface area (Å²) in [5.41, 5.74) is 4.03. The number of phenols is 2. The normalized spacial score (nSPS) is 14.3. The molecule has 22 nitrogen and oxygen atoms in total. The highest BCUT2D eigenvalue weighted by atomic mass is 16.7. The molecule has 2 aliphatic heterocycles. The van der Waals surface area contributed by atoms with Gasteiger partial charge >= 0.3 is 23.9 Å². The molecule has 2 heterocycles. The number of ether oxygens (including phenoxy) is 3. The zero-order chi connectivity index (χ0) is 53.4. The van der Waals surface area contributed by atoms with Crippen LogP contribution in [0.4, 0.5) is 17.1 Å². The summed E-state index contributed by atoms with van der Waals surface area (Å²) in [5.74, 6) is -6.55. The number of fused-ring (bicyclic) bond motifs is 6. The Balaban J connectivity index is 0.815. The molecule has 0 saturated carbocycles. The number of carbonyl (C=O) groups is 8. The molecule has 0 unspecified atom stereocenters. The van der Waals surface area contributed by atoms with Crippen molar-refractivity contribution in [1.82, 2.24) is 26.7 Å². The smallest absolute Gasteiger partial charge is 0.356 e. The van der Waals surface area contributed by atoms with E-state index in [2.05, 4.69) is 37.0 Å². The first kappa shape index (κ1) is 52.6. The first-order valence-corrected chi connectivity index (χ1v) is 23.2. The highest BCUT2D eigenvalue weighted by Crippen LogP contribution is 2.57. The van der Waals surface area contributed by atoms with E-state index in [1.807, 2.05) is 43.3 Å². The fraction of sp³-hybridized carbons (Fsp3) is 0.269. The third-order valence-corrected chi connectivity index (χ3v) is 11.8. The number of esters is 3. The molecule has 7 rings (SSSR count). The van der Waals surface area contributed by atoms with Crippen molar-refractivity contribution in [3.63, 3.8) is 0 Å². The second-order valence-corrected chi connectivity index (χ2v) is 17.5. The van der Waals surface area contributed by atoms with Crippen molar-refractivity contribution in [3.05, 3.63) is 137 Å². The van der Waals surface area contributed by atoms with Gasteiger partial charge in [0.15, 0.2) is 5.60 Å². The summed E-state index contributed by atoms with van der Waals surface area (Å²) in [4.78, 5) is 111. The zero-order valence-corrected chi connectivity index (χ0v) is 40.9. The van der Waals surface area contributed by atoms with E-state index < -0.39 is 77.3 Å². The van der Waals surface area contributed by atoms with E-state index in [1.165, 1.54) is 94.4 Å². The number of hydrogen-bond donors (Lipinski definition) is 7. The van der Waals surface area contributed by atoms with E-state index >= 15 is 0 Å². The molecule has 22 heteroatoms.